The summed E-state index contributed by atoms with van der Waals surface area (Å²) in [5.41, 5.74) is 0.152. The fourth-order valence-electron chi connectivity index (χ4n) is 1.09. The number of aliphatic hydroxyl groups is 1. The van der Waals surface area contributed by atoms with E-state index in [1.807, 2.05) is 0 Å². The molecule has 0 fully saturated rings. The van der Waals surface area contributed by atoms with E-state index in [2.05, 4.69) is 9.05 Å². The van der Waals surface area contributed by atoms with Crippen molar-refractivity contribution in [3.05, 3.63) is 40.4 Å². The molecule has 0 bridgehead atoms. The molecule has 88 valence electrons. The Kier molecular flexibility index (Phi) is 4.56. The van der Waals surface area contributed by atoms with Crippen LogP contribution in [0.1, 0.15) is 5.56 Å². The summed E-state index contributed by atoms with van der Waals surface area (Å²) in [5.74, 6) is 0. The molecule has 0 aliphatic rings. The van der Waals surface area contributed by atoms with Crippen LogP contribution < -0.4 is 0 Å². The van der Waals surface area contributed by atoms with E-state index in [9.17, 15) is 9.67 Å². The van der Waals surface area contributed by atoms with Crippen molar-refractivity contribution in [2.75, 3.05) is 14.2 Å². The molecule has 0 radical (unpaired) electrons. The van der Waals surface area contributed by atoms with Gasteiger partial charge in [-0.2, -0.15) is 0 Å². The first-order chi connectivity index (χ1) is 7.51. The van der Waals surface area contributed by atoms with Gasteiger partial charge in [-0.3, -0.25) is 4.57 Å². The first-order valence-corrected chi connectivity index (χ1v) is 6.32. The second kappa shape index (κ2) is 5.51. The lowest BCUT2D eigenvalue weighted by Crippen LogP contribution is -1.92. The van der Waals surface area contributed by atoms with Crippen molar-refractivity contribution in [2.45, 2.75) is 0 Å². The van der Waals surface area contributed by atoms with Crippen molar-refractivity contribution < 1.29 is 18.7 Å². The highest BCUT2D eigenvalue weighted by Crippen LogP contribution is 2.53. The first kappa shape index (κ1) is 13.3. The topological polar surface area (TPSA) is 55.8 Å². The van der Waals surface area contributed by atoms with Gasteiger partial charge < -0.3 is 14.2 Å². The predicted octanol–water partition coefficient (Wildman–Crippen LogP) is 3.68. The number of benzene rings is 1. The Morgan fingerprint density at radius 1 is 1.44 bits per heavy atom. The Morgan fingerprint density at radius 3 is 2.56 bits per heavy atom. The van der Waals surface area contributed by atoms with Crippen LogP contribution >= 0.6 is 19.2 Å². The Hall–Kier alpha value is -0.800. The maximum atomic E-state index is 11.7. The molecular formula is C10H12ClO4P. The molecule has 4 nitrogen and oxygen atoms in total. The standard InChI is InChI=1S/C10H12ClO4P/c1-14-16(13,15-2)10(12)7-8-4-3-5-9(11)6-8/h3-7,12H,1-2H3/b10-7-. The van der Waals surface area contributed by atoms with Crippen LogP contribution in [0, 0.1) is 0 Å². The zero-order chi connectivity index (χ0) is 12.2. The van der Waals surface area contributed by atoms with Gasteiger partial charge in [0.15, 0.2) is 0 Å². The molecule has 0 aromatic heterocycles. The second-order valence-corrected chi connectivity index (χ2v) is 5.54. The quantitative estimate of drug-likeness (QED) is 0.664. The number of rotatable bonds is 4. The largest absolute Gasteiger partial charge is 0.501 e. The van der Waals surface area contributed by atoms with Crippen LogP contribution in [0.3, 0.4) is 0 Å². The lowest BCUT2D eigenvalue weighted by molar-refractivity contribution is 0.262. The van der Waals surface area contributed by atoms with E-state index in [1.165, 1.54) is 20.3 Å². The molecule has 0 saturated carbocycles. The van der Waals surface area contributed by atoms with Crippen LogP contribution in [-0.2, 0) is 13.6 Å². The van der Waals surface area contributed by atoms with E-state index in [0.717, 1.165) is 0 Å². The third-order valence-electron chi connectivity index (χ3n) is 1.91. The van der Waals surface area contributed by atoms with Gasteiger partial charge in [0.2, 0.25) is 5.50 Å². The molecule has 1 aromatic carbocycles. The van der Waals surface area contributed by atoms with Crippen LogP contribution in [0.2, 0.25) is 5.02 Å². The summed E-state index contributed by atoms with van der Waals surface area (Å²) in [6.45, 7) is 0. The smallest absolute Gasteiger partial charge is 0.394 e. The van der Waals surface area contributed by atoms with Crippen LogP contribution in [0.15, 0.2) is 29.8 Å². The third kappa shape index (κ3) is 3.09. The summed E-state index contributed by atoms with van der Waals surface area (Å²) in [6, 6.07) is 6.74. The van der Waals surface area contributed by atoms with E-state index in [4.69, 9.17) is 11.6 Å². The van der Waals surface area contributed by atoms with Gasteiger partial charge in [-0.1, -0.05) is 23.7 Å². The van der Waals surface area contributed by atoms with Crippen molar-refractivity contribution in [3.63, 3.8) is 0 Å². The number of aliphatic hydroxyl groups excluding tert-OH is 1. The highest BCUT2D eigenvalue weighted by Gasteiger charge is 2.27. The molecule has 0 saturated heterocycles. The zero-order valence-corrected chi connectivity index (χ0v) is 10.5. The summed E-state index contributed by atoms with van der Waals surface area (Å²) in [6.07, 6.45) is 1.29. The maximum absolute atomic E-state index is 11.7. The molecule has 0 unspecified atom stereocenters. The minimum Gasteiger partial charge on any atom is -0.501 e. The Labute approximate surface area is 99.0 Å². The van der Waals surface area contributed by atoms with Gasteiger partial charge in [-0.25, -0.2) is 0 Å². The van der Waals surface area contributed by atoms with E-state index < -0.39 is 13.1 Å². The summed E-state index contributed by atoms with van der Waals surface area (Å²) in [5, 5.41) is 10.1. The normalized spacial score (nSPS) is 12.8. The number of hydrogen-bond donors (Lipinski definition) is 1. The molecule has 0 amide bonds. The maximum Gasteiger partial charge on any atom is 0.394 e. The molecule has 1 aromatic rings. The molecule has 1 rings (SSSR count). The SMILES string of the molecule is COP(=O)(OC)/C(O)=C\c1cccc(Cl)c1. The molecule has 1 N–H and O–H groups in total. The number of halogens is 1. The van der Waals surface area contributed by atoms with Gasteiger partial charge in [0.05, 0.1) is 0 Å². The van der Waals surface area contributed by atoms with E-state index in [0.29, 0.717) is 10.6 Å². The van der Waals surface area contributed by atoms with Gasteiger partial charge in [-0.05, 0) is 23.8 Å². The summed E-state index contributed by atoms with van der Waals surface area (Å²) in [7, 11) is -1.18. The van der Waals surface area contributed by atoms with Crippen LogP contribution in [0.25, 0.3) is 6.08 Å². The van der Waals surface area contributed by atoms with E-state index in [-0.39, 0.29) is 0 Å². The average Bonchev–Trinajstić information content (AvgIpc) is 2.28. The fraction of sp³-hybridized carbons (Fsp3) is 0.200. The Balaban J connectivity index is 3.05. The highest BCUT2D eigenvalue weighted by atomic mass is 35.5. The fourth-order valence-corrected chi connectivity index (χ4v) is 2.12. The van der Waals surface area contributed by atoms with E-state index in [1.54, 1.807) is 24.3 Å². The minimum absolute atomic E-state index is 0.459. The monoisotopic (exact) mass is 262 g/mol. The molecule has 0 spiro atoms. The molecule has 0 aliphatic heterocycles. The molecule has 0 aliphatic carbocycles. The molecule has 6 heteroatoms. The van der Waals surface area contributed by atoms with Gasteiger partial charge in [0, 0.05) is 19.2 Å². The second-order valence-electron chi connectivity index (χ2n) is 2.92. The predicted molar refractivity (Wildman–Crippen MR) is 63.7 cm³/mol. The first-order valence-electron chi connectivity index (χ1n) is 4.40. The molecule has 0 atom stereocenters. The zero-order valence-electron chi connectivity index (χ0n) is 8.88. The van der Waals surface area contributed by atoms with Crippen LogP contribution in [0.5, 0.6) is 0 Å². The molecular weight excluding hydrogens is 251 g/mol. The van der Waals surface area contributed by atoms with Gasteiger partial charge in [0.25, 0.3) is 0 Å². The number of hydrogen-bond acceptors (Lipinski definition) is 4. The van der Waals surface area contributed by atoms with Gasteiger partial charge >= 0.3 is 7.60 Å². The summed E-state index contributed by atoms with van der Waals surface area (Å²) >= 11 is 5.77. The van der Waals surface area contributed by atoms with E-state index >= 15 is 0 Å². The van der Waals surface area contributed by atoms with Crippen molar-refractivity contribution in [2.24, 2.45) is 0 Å². The van der Waals surface area contributed by atoms with Gasteiger partial charge in [0.1, 0.15) is 0 Å². The van der Waals surface area contributed by atoms with Crippen molar-refractivity contribution >= 4 is 25.3 Å². The highest BCUT2D eigenvalue weighted by molar-refractivity contribution is 7.58. The van der Waals surface area contributed by atoms with Crippen molar-refractivity contribution in [1.29, 1.82) is 0 Å². The molecule has 16 heavy (non-hydrogen) atoms. The Bertz CT molecular complexity index is 436. The van der Waals surface area contributed by atoms with Crippen molar-refractivity contribution in [3.8, 4) is 0 Å². The minimum atomic E-state index is -3.58. The Morgan fingerprint density at radius 2 is 2.06 bits per heavy atom. The van der Waals surface area contributed by atoms with Crippen LogP contribution in [-0.4, -0.2) is 19.3 Å². The summed E-state index contributed by atoms with van der Waals surface area (Å²) in [4.78, 5) is 0. The molecule has 0 heterocycles. The summed E-state index contributed by atoms with van der Waals surface area (Å²) < 4.78 is 21.0. The van der Waals surface area contributed by atoms with Crippen molar-refractivity contribution in [1.82, 2.24) is 0 Å². The lowest BCUT2D eigenvalue weighted by atomic mass is 10.2. The third-order valence-corrected chi connectivity index (χ3v) is 3.79. The average molecular weight is 263 g/mol. The van der Waals surface area contributed by atoms with Gasteiger partial charge in [-0.15, -0.1) is 0 Å². The van der Waals surface area contributed by atoms with Crippen LogP contribution in [0.4, 0.5) is 0 Å². The lowest BCUT2D eigenvalue weighted by Gasteiger charge is -2.12.